The summed E-state index contributed by atoms with van der Waals surface area (Å²) in [5.41, 5.74) is 3.47. The molecule has 0 heterocycles. The summed E-state index contributed by atoms with van der Waals surface area (Å²) in [7, 11) is 0. The molecular weight excluding hydrogens is 267 g/mol. The van der Waals surface area contributed by atoms with Crippen LogP contribution in [-0.2, 0) is 11.3 Å². The molecule has 4 heteroatoms. The van der Waals surface area contributed by atoms with Gasteiger partial charge < -0.3 is 10.6 Å². The molecule has 0 aliphatic heterocycles. The van der Waals surface area contributed by atoms with Crippen molar-refractivity contribution >= 4 is 11.6 Å². The second kappa shape index (κ2) is 6.99. The van der Waals surface area contributed by atoms with Gasteiger partial charge in [-0.25, -0.2) is 4.39 Å². The Morgan fingerprint density at radius 1 is 1.14 bits per heavy atom. The monoisotopic (exact) mass is 286 g/mol. The number of hydrogen-bond acceptors (Lipinski definition) is 2. The first-order valence-corrected chi connectivity index (χ1v) is 6.87. The summed E-state index contributed by atoms with van der Waals surface area (Å²) in [5, 5.41) is 5.80. The number of nitrogens with one attached hydrogen (secondary N) is 2. The highest BCUT2D eigenvalue weighted by Gasteiger charge is 2.06. The minimum Gasteiger partial charge on any atom is -0.325 e. The normalized spacial score (nSPS) is 10.4. The zero-order valence-electron chi connectivity index (χ0n) is 12.2. The van der Waals surface area contributed by atoms with Crippen LogP contribution in [0.25, 0.3) is 0 Å². The number of carbonyl (C=O) groups is 1. The van der Waals surface area contributed by atoms with E-state index in [1.165, 1.54) is 6.07 Å². The Morgan fingerprint density at radius 3 is 2.67 bits per heavy atom. The zero-order valence-corrected chi connectivity index (χ0v) is 12.2. The summed E-state index contributed by atoms with van der Waals surface area (Å²) < 4.78 is 13.4. The molecule has 110 valence electrons. The molecule has 0 spiro atoms. The van der Waals surface area contributed by atoms with Crippen LogP contribution in [0.15, 0.2) is 42.5 Å². The number of hydrogen-bond donors (Lipinski definition) is 2. The topological polar surface area (TPSA) is 41.1 Å². The van der Waals surface area contributed by atoms with E-state index in [1.807, 2.05) is 32.0 Å². The van der Waals surface area contributed by atoms with Crippen molar-refractivity contribution < 1.29 is 9.18 Å². The van der Waals surface area contributed by atoms with E-state index in [2.05, 4.69) is 10.6 Å². The molecule has 1 amide bonds. The highest BCUT2D eigenvalue weighted by Crippen LogP contribution is 2.16. The summed E-state index contributed by atoms with van der Waals surface area (Å²) in [6.45, 7) is 4.39. The largest absolute Gasteiger partial charge is 0.325 e. The van der Waals surface area contributed by atoms with Gasteiger partial charge in [-0.15, -0.1) is 0 Å². The lowest BCUT2D eigenvalue weighted by Crippen LogP contribution is -2.28. The molecule has 0 fully saturated rings. The predicted molar refractivity (Wildman–Crippen MR) is 82.7 cm³/mol. The molecule has 0 saturated heterocycles. The lowest BCUT2D eigenvalue weighted by molar-refractivity contribution is -0.115. The Labute approximate surface area is 124 Å². The van der Waals surface area contributed by atoms with Gasteiger partial charge in [0.2, 0.25) is 5.91 Å². The van der Waals surface area contributed by atoms with Crippen LogP contribution in [0.1, 0.15) is 16.7 Å². The maximum absolute atomic E-state index is 13.4. The second-order valence-electron chi connectivity index (χ2n) is 5.06. The summed E-state index contributed by atoms with van der Waals surface area (Å²) in [5.74, 6) is -0.403. The lowest BCUT2D eigenvalue weighted by atomic mass is 10.1. The average molecular weight is 286 g/mol. The van der Waals surface area contributed by atoms with Gasteiger partial charge in [0.05, 0.1) is 6.54 Å². The lowest BCUT2D eigenvalue weighted by Gasteiger charge is -2.10. The van der Waals surface area contributed by atoms with Crippen molar-refractivity contribution in [2.75, 3.05) is 11.9 Å². The van der Waals surface area contributed by atoms with E-state index < -0.39 is 0 Å². The molecule has 0 saturated carbocycles. The fourth-order valence-corrected chi connectivity index (χ4v) is 2.02. The predicted octanol–water partition coefficient (Wildman–Crippen LogP) is 3.17. The minimum absolute atomic E-state index is 0.139. The Bertz CT molecular complexity index is 640. The summed E-state index contributed by atoms with van der Waals surface area (Å²) in [4.78, 5) is 11.9. The molecule has 2 aromatic carbocycles. The van der Waals surface area contributed by atoms with Gasteiger partial charge >= 0.3 is 0 Å². The first-order chi connectivity index (χ1) is 10.1. The maximum atomic E-state index is 13.4. The molecule has 21 heavy (non-hydrogen) atoms. The van der Waals surface area contributed by atoms with E-state index in [4.69, 9.17) is 0 Å². The van der Waals surface area contributed by atoms with Gasteiger partial charge in [-0.05, 0) is 37.1 Å². The Morgan fingerprint density at radius 2 is 1.90 bits per heavy atom. The van der Waals surface area contributed by atoms with Crippen LogP contribution in [0.5, 0.6) is 0 Å². The number of rotatable bonds is 5. The quantitative estimate of drug-likeness (QED) is 0.886. The van der Waals surface area contributed by atoms with Crippen LogP contribution >= 0.6 is 0 Å². The van der Waals surface area contributed by atoms with E-state index in [-0.39, 0.29) is 18.3 Å². The molecule has 2 aromatic rings. The van der Waals surface area contributed by atoms with Crippen LogP contribution < -0.4 is 10.6 Å². The van der Waals surface area contributed by atoms with Crippen molar-refractivity contribution in [1.29, 1.82) is 0 Å². The standard InChI is InChI=1S/C17H19FN2O/c1-12-7-8-13(2)16(9-12)20-17(21)11-19-10-14-5-3-4-6-15(14)18/h3-9,19H,10-11H2,1-2H3,(H,20,21). The van der Waals surface area contributed by atoms with Gasteiger partial charge in [0.1, 0.15) is 5.82 Å². The van der Waals surface area contributed by atoms with Crippen molar-refractivity contribution in [3.63, 3.8) is 0 Å². The number of halogens is 1. The SMILES string of the molecule is Cc1ccc(C)c(NC(=O)CNCc2ccccc2F)c1. The van der Waals surface area contributed by atoms with Crippen LogP contribution in [0, 0.1) is 19.7 Å². The fourth-order valence-electron chi connectivity index (χ4n) is 2.02. The van der Waals surface area contributed by atoms with E-state index in [1.54, 1.807) is 18.2 Å². The van der Waals surface area contributed by atoms with E-state index in [0.29, 0.717) is 12.1 Å². The molecule has 2 rings (SSSR count). The number of benzene rings is 2. The van der Waals surface area contributed by atoms with E-state index in [0.717, 1.165) is 16.8 Å². The first kappa shape index (κ1) is 15.2. The molecule has 3 nitrogen and oxygen atoms in total. The van der Waals surface area contributed by atoms with Gasteiger partial charge in [0.15, 0.2) is 0 Å². The number of aryl methyl sites for hydroxylation is 2. The average Bonchev–Trinajstić information content (AvgIpc) is 2.45. The maximum Gasteiger partial charge on any atom is 0.238 e. The molecule has 0 radical (unpaired) electrons. The third-order valence-corrected chi connectivity index (χ3v) is 3.23. The third-order valence-electron chi connectivity index (χ3n) is 3.23. The fraction of sp³-hybridized carbons (Fsp3) is 0.235. The number of carbonyl (C=O) groups excluding carboxylic acids is 1. The van der Waals surface area contributed by atoms with Crippen molar-refractivity contribution in [2.24, 2.45) is 0 Å². The summed E-state index contributed by atoms with van der Waals surface area (Å²) >= 11 is 0. The molecule has 0 aliphatic rings. The molecule has 0 bridgehead atoms. The van der Waals surface area contributed by atoms with Gasteiger partial charge in [-0.2, -0.15) is 0 Å². The Kier molecular flexibility index (Phi) is 5.06. The smallest absolute Gasteiger partial charge is 0.238 e. The van der Waals surface area contributed by atoms with Crippen LogP contribution in [0.3, 0.4) is 0 Å². The molecule has 0 atom stereocenters. The van der Waals surface area contributed by atoms with Gasteiger partial charge in [0.25, 0.3) is 0 Å². The molecule has 0 aromatic heterocycles. The van der Waals surface area contributed by atoms with E-state index >= 15 is 0 Å². The van der Waals surface area contributed by atoms with Crippen LogP contribution in [0.2, 0.25) is 0 Å². The van der Waals surface area contributed by atoms with Crippen molar-refractivity contribution in [3.05, 3.63) is 65.0 Å². The summed E-state index contributed by atoms with van der Waals surface area (Å²) in [6, 6.07) is 12.4. The Balaban J connectivity index is 1.85. The minimum atomic E-state index is -0.264. The molecular formula is C17H19FN2O. The molecule has 0 unspecified atom stereocenters. The van der Waals surface area contributed by atoms with Crippen molar-refractivity contribution in [3.8, 4) is 0 Å². The zero-order chi connectivity index (χ0) is 15.2. The Hall–Kier alpha value is -2.20. The highest BCUT2D eigenvalue weighted by atomic mass is 19.1. The van der Waals surface area contributed by atoms with Gasteiger partial charge in [0, 0.05) is 17.8 Å². The third kappa shape index (κ3) is 4.39. The van der Waals surface area contributed by atoms with Crippen LogP contribution in [-0.4, -0.2) is 12.5 Å². The van der Waals surface area contributed by atoms with Gasteiger partial charge in [-0.1, -0.05) is 30.3 Å². The first-order valence-electron chi connectivity index (χ1n) is 6.87. The summed E-state index contributed by atoms with van der Waals surface area (Å²) in [6.07, 6.45) is 0. The molecule has 2 N–H and O–H groups in total. The van der Waals surface area contributed by atoms with Crippen LogP contribution in [0.4, 0.5) is 10.1 Å². The molecule has 0 aliphatic carbocycles. The number of amides is 1. The van der Waals surface area contributed by atoms with E-state index in [9.17, 15) is 9.18 Å². The number of anilines is 1. The second-order valence-corrected chi connectivity index (χ2v) is 5.06. The van der Waals surface area contributed by atoms with Crippen molar-refractivity contribution in [1.82, 2.24) is 5.32 Å². The van der Waals surface area contributed by atoms with Crippen molar-refractivity contribution in [2.45, 2.75) is 20.4 Å². The van der Waals surface area contributed by atoms with Gasteiger partial charge in [-0.3, -0.25) is 4.79 Å². The highest BCUT2D eigenvalue weighted by molar-refractivity contribution is 5.93.